The number of nitriles is 3. The second-order valence-corrected chi connectivity index (χ2v) is 23.0. The molecule has 80 heavy (non-hydrogen) atoms. The van der Waals surface area contributed by atoms with Crippen molar-refractivity contribution in [1.82, 2.24) is 14.7 Å². The van der Waals surface area contributed by atoms with E-state index in [0.29, 0.717) is 47.6 Å². The maximum Gasteiger partial charge on any atom is 0.167 e. The molecule has 0 spiro atoms. The van der Waals surface area contributed by atoms with Crippen LogP contribution in [0.2, 0.25) is 0 Å². The Bertz CT molecular complexity index is 3370. The standard InChI is InChI=1S/C68H78N6O6/c1-7-31-73-41-61(44(3)35-53(73)12-10-34-72-33-9-11-52(40-72)66(75)49-13-19-55-46(37-49)16-22-63(78-5)58(55)25-28-69)67(76)51-15-21-57-48(39-51)18-24-65(60(57)27-30-71)80-43-54-36-45(4)62(42-74(54)32-8-2)68(77)50-14-20-56-47(38-50)17-23-64(79-6)59(56)26-29-70/h13-24,37-39,44-45,52-54,61-62H,7-12,25-27,31-36,40-43H2,1-6H3/t44-,45+,52?,53?,54?,61+,62-/m1/s1. The number of fused-ring (bicyclic) bond motifs is 3. The number of ketones is 3. The summed E-state index contributed by atoms with van der Waals surface area (Å²) in [5.41, 5.74) is 4.60. The van der Waals surface area contributed by atoms with Crippen LogP contribution >= 0.6 is 0 Å². The summed E-state index contributed by atoms with van der Waals surface area (Å²) in [7, 11) is 3.22. The van der Waals surface area contributed by atoms with Crippen LogP contribution in [0.1, 0.15) is 127 Å². The number of benzene rings is 6. The molecule has 0 amide bonds. The van der Waals surface area contributed by atoms with E-state index >= 15 is 0 Å². The Morgan fingerprint density at radius 1 is 0.562 bits per heavy atom. The number of carbonyl (C=O) groups excluding carboxylic acids is 3. The molecule has 12 heteroatoms. The van der Waals surface area contributed by atoms with Crippen molar-refractivity contribution in [3.63, 3.8) is 0 Å². The summed E-state index contributed by atoms with van der Waals surface area (Å²) < 4.78 is 17.7. The van der Waals surface area contributed by atoms with E-state index in [2.05, 4.69) is 60.6 Å². The summed E-state index contributed by atoms with van der Waals surface area (Å²) in [6, 6.07) is 36.6. The van der Waals surface area contributed by atoms with Gasteiger partial charge in [0.25, 0.3) is 0 Å². The number of carbonyl (C=O) groups is 3. The number of piperidine rings is 3. The molecule has 416 valence electrons. The molecule has 3 aliphatic heterocycles. The first-order chi connectivity index (χ1) is 38.9. The van der Waals surface area contributed by atoms with Gasteiger partial charge >= 0.3 is 0 Å². The molecule has 3 unspecified atom stereocenters. The fourth-order valence-electron chi connectivity index (χ4n) is 13.7. The minimum Gasteiger partial charge on any atom is -0.496 e. The van der Waals surface area contributed by atoms with Gasteiger partial charge in [-0.1, -0.05) is 82.3 Å². The highest BCUT2D eigenvalue weighted by atomic mass is 16.5. The van der Waals surface area contributed by atoms with Crippen molar-refractivity contribution in [2.45, 2.75) is 110 Å². The van der Waals surface area contributed by atoms with Crippen molar-refractivity contribution in [3.8, 4) is 35.5 Å². The van der Waals surface area contributed by atoms with Gasteiger partial charge in [-0.2, -0.15) is 15.8 Å². The topological polar surface area (TPSA) is 160 Å². The molecule has 3 fully saturated rings. The molecule has 0 bridgehead atoms. The van der Waals surface area contributed by atoms with Gasteiger partial charge in [0.05, 0.1) is 51.7 Å². The number of rotatable bonds is 22. The van der Waals surface area contributed by atoms with Gasteiger partial charge in [-0.05, 0) is 158 Å². The van der Waals surface area contributed by atoms with E-state index in [9.17, 15) is 30.2 Å². The molecular weight excluding hydrogens is 997 g/mol. The predicted molar refractivity (Wildman–Crippen MR) is 316 cm³/mol. The highest BCUT2D eigenvalue weighted by Gasteiger charge is 2.39. The van der Waals surface area contributed by atoms with Crippen molar-refractivity contribution in [1.29, 1.82) is 15.8 Å². The van der Waals surface area contributed by atoms with Crippen LogP contribution in [0.25, 0.3) is 32.3 Å². The van der Waals surface area contributed by atoms with Crippen LogP contribution in [0.15, 0.2) is 91.0 Å². The van der Waals surface area contributed by atoms with Gasteiger partial charge in [-0.15, -0.1) is 0 Å². The van der Waals surface area contributed by atoms with Crippen molar-refractivity contribution in [3.05, 3.63) is 124 Å². The van der Waals surface area contributed by atoms with Crippen LogP contribution in [0.4, 0.5) is 0 Å². The normalized spacial score (nSPS) is 21.9. The summed E-state index contributed by atoms with van der Waals surface area (Å²) in [5.74, 6) is 2.50. The van der Waals surface area contributed by atoms with E-state index in [-0.39, 0.29) is 72.2 Å². The van der Waals surface area contributed by atoms with Gasteiger partial charge in [-0.3, -0.25) is 24.2 Å². The number of methoxy groups -OCH3 is 2. The molecule has 7 atom stereocenters. The molecule has 0 radical (unpaired) electrons. The summed E-state index contributed by atoms with van der Waals surface area (Å²) in [5, 5.41) is 34.6. The van der Waals surface area contributed by atoms with Crippen LogP contribution in [0.5, 0.6) is 17.2 Å². The quantitative estimate of drug-likeness (QED) is 0.0593. The Morgan fingerprint density at radius 2 is 1.01 bits per heavy atom. The maximum atomic E-state index is 14.6. The summed E-state index contributed by atoms with van der Waals surface area (Å²) in [4.78, 5) is 50.2. The molecule has 0 aliphatic carbocycles. The lowest BCUT2D eigenvalue weighted by Gasteiger charge is -2.43. The number of hydrogen-bond donors (Lipinski definition) is 0. The van der Waals surface area contributed by atoms with Crippen LogP contribution in [-0.2, 0) is 19.3 Å². The zero-order chi connectivity index (χ0) is 56.5. The monoisotopic (exact) mass is 1070 g/mol. The largest absolute Gasteiger partial charge is 0.496 e. The second kappa shape index (κ2) is 26.4. The second-order valence-electron chi connectivity index (χ2n) is 23.0. The number of likely N-dealkylation sites (tertiary alicyclic amines) is 3. The molecule has 6 aromatic rings. The average molecular weight is 1080 g/mol. The third-order valence-electron chi connectivity index (χ3n) is 17.9. The third-order valence-corrected chi connectivity index (χ3v) is 17.9. The van der Waals surface area contributed by atoms with Gasteiger partial charge in [0.15, 0.2) is 17.3 Å². The average Bonchev–Trinajstić information content (AvgIpc) is 3.48. The molecule has 3 heterocycles. The lowest BCUT2D eigenvalue weighted by molar-refractivity contribution is 0.0365. The van der Waals surface area contributed by atoms with E-state index in [1.807, 2.05) is 91.0 Å². The first-order valence-electron chi connectivity index (χ1n) is 29.2. The number of nitrogens with zero attached hydrogens (tertiary/aromatic N) is 6. The van der Waals surface area contributed by atoms with Gasteiger partial charge in [-0.25, -0.2) is 0 Å². The minimum absolute atomic E-state index is 0.0512. The van der Waals surface area contributed by atoms with Crippen LogP contribution in [0.3, 0.4) is 0 Å². The number of Topliss-reactive ketones (excluding diaryl/α,β-unsaturated/α-hetero) is 3. The Balaban J connectivity index is 0.806. The Kier molecular flexibility index (Phi) is 19.0. The predicted octanol–water partition coefficient (Wildman–Crippen LogP) is 12.7. The Hall–Kier alpha value is -7.14. The fourth-order valence-corrected chi connectivity index (χ4v) is 13.7. The van der Waals surface area contributed by atoms with E-state index < -0.39 is 0 Å². The van der Waals surface area contributed by atoms with Gasteiger partial charge in [0, 0.05) is 82.9 Å². The van der Waals surface area contributed by atoms with E-state index in [1.165, 1.54) is 0 Å². The SMILES string of the molecule is CCCN1C[C@H](C(=O)c2ccc3c(CC#N)c(OCC4C[C@H](C)[C@H](C(=O)c5ccc6c(CC#N)c(OC)ccc6c5)CN4CCC)ccc3c2)[C@H](C)CC1CCCN1CCCC(C(=O)c2ccc3c(CC#N)c(OC)ccc3c2)C1. The van der Waals surface area contributed by atoms with Crippen molar-refractivity contribution in [2.24, 2.45) is 29.6 Å². The maximum absolute atomic E-state index is 14.6. The van der Waals surface area contributed by atoms with Gasteiger partial charge < -0.3 is 19.1 Å². The minimum atomic E-state index is -0.182. The molecule has 0 aromatic heterocycles. The highest BCUT2D eigenvalue weighted by molar-refractivity contribution is 6.04. The van der Waals surface area contributed by atoms with Gasteiger partial charge in [0.2, 0.25) is 0 Å². The number of hydrogen-bond acceptors (Lipinski definition) is 12. The summed E-state index contributed by atoms with van der Waals surface area (Å²) in [6.45, 7) is 15.0. The lowest BCUT2D eigenvalue weighted by Crippen LogP contribution is -2.51. The molecule has 6 aromatic carbocycles. The molecular formula is C68H78N6O6. The molecule has 9 rings (SSSR count). The highest BCUT2D eigenvalue weighted by Crippen LogP contribution is 2.38. The molecule has 0 N–H and O–H groups in total. The van der Waals surface area contributed by atoms with Crippen molar-refractivity contribution in [2.75, 3.05) is 66.6 Å². The molecule has 3 saturated heterocycles. The lowest BCUT2D eigenvalue weighted by atomic mass is 9.77. The first-order valence-corrected chi connectivity index (χ1v) is 29.2. The number of ether oxygens (including phenoxy) is 3. The first kappa shape index (κ1) is 57.5. The molecule has 0 saturated carbocycles. The van der Waals surface area contributed by atoms with Crippen molar-refractivity contribution < 1.29 is 28.6 Å². The fraction of sp³-hybridized carbons (Fsp3) is 0.471. The summed E-state index contributed by atoms with van der Waals surface area (Å²) >= 11 is 0. The summed E-state index contributed by atoms with van der Waals surface area (Å²) in [6.07, 6.45) is 8.30. The molecule has 12 nitrogen and oxygen atoms in total. The Morgan fingerprint density at radius 3 is 1.49 bits per heavy atom. The van der Waals surface area contributed by atoms with E-state index in [1.54, 1.807) is 14.2 Å². The molecule has 3 aliphatic rings. The van der Waals surface area contributed by atoms with E-state index in [4.69, 9.17) is 14.2 Å². The van der Waals surface area contributed by atoms with Crippen molar-refractivity contribution >= 4 is 49.7 Å². The third kappa shape index (κ3) is 12.4. The van der Waals surface area contributed by atoms with Gasteiger partial charge in [0.1, 0.15) is 23.9 Å². The smallest absolute Gasteiger partial charge is 0.167 e. The van der Waals surface area contributed by atoms with Crippen LogP contribution < -0.4 is 14.2 Å². The Labute approximate surface area is 473 Å². The van der Waals surface area contributed by atoms with E-state index in [0.717, 1.165) is 145 Å². The zero-order valence-corrected chi connectivity index (χ0v) is 47.8. The zero-order valence-electron chi connectivity index (χ0n) is 47.8. The van der Waals surface area contributed by atoms with Crippen LogP contribution in [0, 0.1) is 63.6 Å². The van der Waals surface area contributed by atoms with Crippen LogP contribution in [-0.4, -0.2) is 111 Å².